The number of carbonyl (C=O) groups excluding carboxylic acids is 1. The predicted molar refractivity (Wildman–Crippen MR) is 76.7 cm³/mol. The number of rotatable bonds is 4. The molecule has 1 amide bonds. The number of benzene rings is 2. The second kappa shape index (κ2) is 6.60. The summed E-state index contributed by atoms with van der Waals surface area (Å²) in [6, 6.07) is 15.7. The maximum absolute atomic E-state index is 11.7. The topological polar surface area (TPSA) is 62.1 Å². The summed E-state index contributed by atoms with van der Waals surface area (Å²) in [6.45, 7) is -0.128. The summed E-state index contributed by atoms with van der Waals surface area (Å²) in [5.74, 6) is 0.175. The molecule has 0 spiro atoms. The fourth-order valence-corrected chi connectivity index (χ4v) is 1.76. The molecule has 0 unspecified atom stereocenters. The molecule has 0 bridgehead atoms. The van der Waals surface area contributed by atoms with Crippen LogP contribution in [0.25, 0.3) is 0 Å². The van der Waals surface area contributed by atoms with Gasteiger partial charge >= 0.3 is 0 Å². The largest absolute Gasteiger partial charge is 0.484 e. The van der Waals surface area contributed by atoms with Gasteiger partial charge in [0.1, 0.15) is 11.8 Å². The van der Waals surface area contributed by atoms with Crippen molar-refractivity contribution in [2.75, 3.05) is 11.9 Å². The van der Waals surface area contributed by atoms with Gasteiger partial charge in [0, 0.05) is 11.8 Å². The highest BCUT2D eigenvalue weighted by Crippen LogP contribution is 2.21. The lowest BCUT2D eigenvalue weighted by atomic mass is 10.2. The maximum atomic E-state index is 11.7. The number of nitrogens with zero attached hydrogens (tertiary/aromatic N) is 1. The Morgan fingerprint density at radius 3 is 2.65 bits per heavy atom. The lowest BCUT2D eigenvalue weighted by Crippen LogP contribution is -2.20. The summed E-state index contributed by atoms with van der Waals surface area (Å²) < 4.78 is 5.31. The Morgan fingerprint density at radius 1 is 1.25 bits per heavy atom. The van der Waals surface area contributed by atoms with E-state index in [1.54, 1.807) is 24.3 Å². The molecular formula is C15H11ClN2O2. The van der Waals surface area contributed by atoms with Crippen LogP contribution in [0, 0.1) is 11.3 Å². The standard InChI is InChI=1S/C15H11ClN2O2/c16-14-8-13(7-6-11(14)9-17)20-10-15(19)18-12-4-2-1-3-5-12/h1-8H,10H2,(H,18,19). The Morgan fingerprint density at radius 2 is 2.00 bits per heavy atom. The van der Waals surface area contributed by atoms with Crippen molar-refractivity contribution in [2.45, 2.75) is 0 Å². The molecule has 2 rings (SSSR count). The molecule has 2 aromatic rings. The van der Waals surface area contributed by atoms with Gasteiger partial charge in [0.25, 0.3) is 5.91 Å². The van der Waals surface area contributed by atoms with Gasteiger partial charge in [0.15, 0.2) is 6.61 Å². The monoisotopic (exact) mass is 286 g/mol. The van der Waals surface area contributed by atoms with Crippen LogP contribution in [-0.2, 0) is 4.79 Å². The second-order valence-electron chi connectivity index (χ2n) is 3.96. The van der Waals surface area contributed by atoms with E-state index in [-0.39, 0.29) is 12.5 Å². The number of halogens is 1. The molecule has 0 aliphatic carbocycles. The molecule has 0 heterocycles. The van der Waals surface area contributed by atoms with E-state index in [1.165, 1.54) is 6.07 Å². The summed E-state index contributed by atoms with van der Waals surface area (Å²) in [5, 5.41) is 11.8. The molecule has 2 aromatic carbocycles. The van der Waals surface area contributed by atoms with Gasteiger partial charge < -0.3 is 10.1 Å². The Kier molecular flexibility index (Phi) is 4.59. The van der Waals surface area contributed by atoms with E-state index in [4.69, 9.17) is 21.6 Å². The molecule has 1 N–H and O–H groups in total. The molecule has 0 fully saturated rings. The van der Waals surface area contributed by atoms with Gasteiger partial charge in [-0.25, -0.2) is 0 Å². The third kappa shape index (κ3) is 3.74. The molecule has 100 valence electrons. The van der Waals surface area contributed by atoms with Crippen molar-refractivity contribution < 1.29 is 9.53 Å². The SMILES string of the molecule is N#Cc1ccc(OCC(=O)Nc2ccccc2)cc1Cl. The van der Waals surface area contributed by atoms with E-state index in [0.29, 0.717) is 22.0 Å². The lowest BCUT2D eigenvalue weighted by molar-refractivity contribution is -0.118. The number of para-hydroxylation sites is 1. The molecule has 0 atom stereocenters. The van der Waals surface area contributed by atoms with Crippen molar-refractivity contribution in [2.24, 2.45) is 0 Å². The molecular weight excluding hydrogens is 276 g/mol. The molecule has 0 aliphatic rings. The van der Waals surface area contributed by atoms with Crippen molar-refractivity contribution in [1.29, 1.82) is 5.26 Å². The molecule has 0 saturated heterocycles. The average Bonchev–Trinajstić information content (AvgIpc) is 2.46. The Labute approximate surface area is 121 Å². The van der Waals surface area contributed by atoms with E-state index in [1.807, 2.05) is 24.3 Å². The molecule has 5 heteroatoms. The fraction of sp³-hybridized carbons (Fsp3) is 0.0667. The Hall–Kier alpha value is -2.51. The van der Waals surface area contributed by atoms with E-state index in [2.05, 4.69) is 5.32 Å². The highest BCUT2D eigenvalue weighted by atomic mass is 35.5. The summed E-state index contributed by atoms with van der Waals surface area (Å²) in [7, 11) is 0. The van der Waals surface area contributed by atoms with Gasteiger partial charge in [-0.05, 0) is 24.3 Å². The number of ether oxygens (including phenoxy) is 1. The smallest absolute Gasteiger partial charge is 0.262 e. The number of carbonyl (C=O) groups is 1. The zero-order valence-electron chi connectivity index (χ0n) is 10.5. The van der Waals surface area contributed by atoms with Crippen LogP contribution in [0.15, 0.2) is 48.5 Å². The van der Waals surface area contributed by atoms with Crippen molar-refractivity contribution in [3.8, 4) is 11.8 Å². The molecule has 0 aromatic heterocycles. The van der Waals surface area contributed by atoms with Crippen molar-refractivity contribution in [3.63, 3.8) is 0 Å². The highest BCUT2D eigenvalue weighted by molar-refractivity contribution is 6.31. The minimum Gasteiger partial charge on any atom is -0.484 e. The zero-order chi connectivity index (χ0) is 14.4. The molecule has 0 radical (unpaired) electrons. The highest BCUT2D eigenvalue weighted by Gasteiger charge is 2.05. The molecule has 20 heavy (non-hydrogen) atoms. The number of anilines is 1. The van der Waals surface area contributed by atoms with Crippen molar-refractivity contribution in [1.82, 2.24) is 0 Å². The predicted octanol–water partition coefficient (Wildman–Crippen LogP) is 3.23. The van der Waals surface area contributed by atoms with Crippen LogP contribution in [0.1, 0.15) is 5.56 Å². The summed E-state index contributed by atoms with van der Waals surface area (Å²) in [4.78, 5) is 11.7. The van der Waals surface area contributed by atoms with Gasteiger partial charge in [-0.15, -0.1) is 0 Å². The number of nitrogens with one attached hydrogen (secondary N) is 1. The van der Waals surface area contributed by atoms with Crippen LogP contribution in [0.3, 0.4) is 0 Å². The maximum Gasteiger partial charge on any atom is 0.262 e. The molecule has 0 saturated carbocycles. The van der Waals surface area contributed by atoms with Crippen LogP contribution in [0.5, 0.6) is 5.75 Å². The minimum atomic E-state index is -0.267. The van der Waals surface area contributed by atoms with Gasteiger partial charge in [-0.1, -0.05) is 29.8 Å². The van der Waals surface area contributed by atoms with Crippen LogP contribution < -0.4 is 10.1 Å². The first kappa shape index (κ1) is 13.9. The van der Waals surface area contributed by atoms with Crippen LogP contribution >= 0.6 is 11.6 Å². The second-order valence-corrected chi connectivity index (χ2v) is 4.36. The fourth-order valence-electron chi connectivity index (χ4n) is 1.54. The van der Waals surface area contributed by atoms with Crippen molar-refractivity contribution in [3.05, 3.63) is 59.1 Å². The number of nitriles is 1. The Bertz CT molecular complexity index is 651. The van der Waals surface area contributed by atoms with Crippen LogP contribution in [0.2, 0.25) is 5.02 Å². The van der Waals surface area contributed by atoms with Gasteiger partial charge in [-0.3, -0.25) is 4.79 Å². The normalized spacial score (nSPS) is 9.60. The van der Waals surface area contributed by atoms with Crippen LogP contribution in [0.4, 0.5) is 5.69 Å². The van der Waals surface area contributed by atoms with Crippen molar-refractivity contribution >= 4 is 23.2 Å². The van der Waals surface area contributed by atoms with Gasteiger partial charge in [-0.2, -0.15) is 5.26 Å². The molecule has 4 nitrogen and oxygen atoms in total. The summed E-state index contributed by atoms with van der Waals surface area (Å²) in [5.41, 5.74) is 1.08. The lowest BCUT2D eigenvalue weighted by Gasteiger charge is -2.08. The first-order chi connectivity index (χ1) is 9.69. The van der Waals surface area contributed by atoms with E-state index in [9.17, 15) is 4.79 Å². The quantitative estimate of drug-likeness (QED) is 0.938. The van der Waals surface area contributed by atoms with E-state index < -0.39 is 0 Å². The summed E-state index contributed by atoms with van der Waals surface area (Å²) >= 11 is 5.87. The third-order valence-electron chi connectivity index (χ3n) is 2.49. The third-order valence-corrected chi connectivity index (χ3v) is 2.80. The first-order valence-electron chi connectivity index (χ1n) is 5.86. The zero-order valence-corrected chi connectivity index (χ0v) is 11.2. The Balaban J connectivity index is 1.91. The van der Waals surface area contributed by atoms with Crippen LogP contribution in [-0.4, -0.2) is 12.5 Å². The van der Waals surface area contributed by atoms with Gasteiger partial charge in [0.05, 0.1) is 10.6 Å². The van der Waals surface area contributed by atoms with Gasteiger partial charge in [0.2, 0.25) is 0 Å². The number of hydrogen-bond donors (Lipinski definition) is 1. The number of amides is 1. The minimum absolute atomic E-state index is 0.128. The molecule has 0 aliphatic heterocycles. The average molecular weight is 287 g/mol. The number of hydrogen-bond acceptors (Lipinski definition) is 3. The first-order valence-corrected chi connectivity index (χ1v) is 6.24. The summed E-state index contributed by atoms with van der Waals surface area (Å²) in [6.07, 6.45) is 0. The van der Waals surface area contributed by atoms with E-state index >= 15 is 0 Å². The van der Waals surface area contributed by atoms with E-state index in [0.717, 1.165) is 0 Å².